The van der Waals surface area contributed by atoms with Crippen LogP contribution in [0.15, 0.2) is 42.7 Å². The van der Waals surface area contributed by atoms with Crippen molar-refractivity contribution in [1.82, 2.24) is 24.8 Å². The van der Waals surface area contributed by atoms with E-state index in [0.717, 1.165) is 63.2 Å². The molecule has 0 unspecified atom stereocenters. The van der Waals surface area contributed by atoms with Crippen molar-refractivity contribution in [3.8, 4) is 22.9 Å². The molecule has 0 bridgehead atoms. The Morgan fingerprint density at radius 3 is 2.24 bits per heavy atom. The first-order valence-electron chi connectivity index (χ1n) is 13.7. The van der Waals surface area contributed by atoms with Crippen LogP contribution in [0.25, 0.3) is 11.3 Å². The van der Waals surface area contributed by atoms with Crippen LogP contribution in [0.3, 0.4) is 0 Å². The maximum Gasteiger partial charge on any atom is 0.225 e. The van der Waals surface area contributed by atoms with Gasteiger partial charge in [0.2, 0.25) is 21.9 Å². The molecule has 2 fully saturated rings. The number of hydrogen-bond donors (Lipinski definition) is 1. The van der Waals surface area contributed by atoms with Gasteiger partial charge in [-0.1, -0.05) is 23.2 Å². The third-order valence-corrected chi connectivity index (χ3v) is 8.81. The van der Waals surface area contributed by atoms with Crippen molar-refractivity contribution in [3.05, 3.63) is 58.3 Å². The summed E-state index contributed by atoms with van der Waals surface area (Å²) in [5.74, 6) is 2.01. The lowest BCUT2D eigenvalue weighted by Crippen LogP contribution is -2.45. The predicted octanol–water partition coefficient (Wildman–Crippen LogP) is 4.28. The van der Waals surface area contributed by atoms with Gasteiger partial charge in [-0.05, 0) is 75.1 Å². The van der Waals surface area contributed by atoms with Gasteiger partial charge in [-0.2, -0.15) is 0 Å². The van der Waals surface area contributed by atoms with Crippen LogP contribution in [0.5, 0.6) is 11.6 Å². The fourth-order valence-corrected chi connectivity index (χ4v) is 6.42. The van der Waals surface area contributed by atoms with E-state index < -0.39 is 10.0 Å². The average Bonchev–Trinajstić information content (AvgIpc) is 2.93. The summed E-state index contributed by atoms with van der Waals surface area (Å²) in [6.07, 6.45) is 5.82. The van der Waals surface area contributed by atoms with E-state index in [1.54, 1.807) is 18.5 Å². The number of primary sulfonamides is 1. The number of aromatic nitrogens is 3. The Balaban J connectivity index is 1.32. The summed E-state index contributed by atoms with van der Waals surface area (Å²) in [7, 11) is -1.32. The number of nitrogens with zero attached hydrogens (tertiary/aromatic N) is 6. The normalized spacial score (nSPS) is 17.6. The number of benzene rings is 1. The summed E-state index contributed by atoms with van der Waals surface area (Å²) in [5.41, 5.74) is 2.51. The number of halogens is 2. The van der Waals surface area contributed by atoms with E-state index in [1.807, 2.05) is 24.3 Å². The molecule has 41 heavy (non-hydrogen) atoms. The standard InChI is InChI=1S/C28H35Cl2N7O3S/c1-35-7-9-37(10-8-35)28-32-17-25(18-33-28)40-27-13-21(12-26(34-27)22-14-23(29)16-24(30)15-22)19-36-5-2-20(3-6-36)4-11-41(31,38)39/h12-18,20H,2-11,19H2,1H3,(H2,31,38,39). The predicted molar refractivity (Wildman–Crippen MR) is 162 cm³/mol. The van der Waals surface area contributed by atoms with Gasteiger partial charge in [-0.3, -0.25) is 4.90 Å². The molecule has 0 spiro atoms. The Hall–Kier alpha value is -2.54. The topological polar surface area (TPSA) is 118 Å². The summed E-state index contributed by atoms with van der Waals surface area (Å²) in [6.45, 7) is 6.15. The highest BCUT2D eigenvalue weighted by molar-refractivity contribution is 7.89. The first-order valence-corrected chi connectivity index (χ1v) is 16.2. The van der Waals surface area contributed by atoms with E-state index >= 15 is 0 Å². The van der Waals surface area contributed by atoms with Crippen LogP contribution in [0.4, 0.5) is 5.95 Å². The number of rotatable bonds is 9. The molecule has 2 aliphatic heterocycles. The molecule has 2 aliphatic rings. The number of anilines is 1. The zero-order chi connectivity index (χ0) is 29.0. The average molecular weight is 621 g/mol. The van der Waals surface area contributed by atoms with Crippen LogP contribution < -0.4 is 14.8 Å². The zero-order valence-electron chi connectivity index (χ0n) is 23.0. The number of nitrogens with two attached hydrogens (primary N) is 1. The number of ether oxygens (including phenoxy) is 1. The lowest BCUT2D eigenvalue weighted by atomic mass is 9.94. The molecule has 2 N–H and O–H groups in total. The van der Waals surface area contributed by atoms with E-state index in [2.05, 4.69) is 31.7 Å². The monoisotopic (exact) mass is 619 g/mol. The van der Waals surface area contributed by atoms with E-state index in [-0.39, 0.29) is 5.75 Å². The van der Waals surface area contributed by atoms with Gasteiger partial charge >= 0.3 is 0 Å². The van der Waals surface area contributed by atoms with Gasteiger partial charge in [0.25, 0.3) is 0 Å². The summed E-state index contributed by atoms with van der Waals surface area (Å²) >= 11 is 12.6. The summed E-state index contributed by atoms with van der Waals surface area (Å²) in [5, 5.41) is 6.24. The van der Waals surface area contributed by atoms with Crippen LogP contribution in [-0.2, 0) is 16.6 Å². The fraction of sp³-hybridized carbons (Fsp3) is 0.464. The molecule has 0 saturated carbocycles. The van der Waals surface area contributed by atoms with Gasteiger partial charge in [0.05, 0.1) is 23.8 Å². The largest absolute Gasteiger partial charge is 0.436 e. The number of likely N-dealkylation sites (tertiary alicyclic amines) is 1. The Morgan fingerprint density at radius 1 is 0.951 bits per heavy atom. The van der Waals surface area contributed by atoms with Crippen molar-refractivity contribution < 1.29 is 13.2 Å². The van der Waals surface area contributed by atoms with Gasteiger partial charge in [0.1, 0.15) is 0 Å². The molecule has 10 nitrogen and oxygen atoms in total. The fourth-order valence-electron chi connectivity index (χ4n) is 5.23. The van der Waals surface area contributed by atoms with Crippen LogP contribution in [0.2, 0.25) is 10.0 Å². The highest BCUT2D eigenvalue weighted by Crippen LogP contribution is 2.31. The Labute approximate surface area is 251 Å². The van der Waals surface area contributed by atoms with Gasteiger partial charge in [0, 0.05) is 54.4 Å². The van der Waals surface area contributed by atoms with Crippen molar-refractivity contribution >= 4 is 39.2 Å². The number of pyridine rings is 1. The summed E-state index contributed by atoms with van der Waals surface area (Å²) in [4.78, 5) is 20.6. The lowest BCUT2D eigenvalue weighted by molar-refractivity contribution is 0.175. The number of piperazine rings is 1. The molecular weight excluding hydrogens is 585 g/mol. The van der Waals surface area contributed by atoms with Gasteiger partial charge < -0.3 is 14.5 Å². The highest BCUT2D eigenvalue weighted by atomic mass is 35.5. The molecule has 5 rings (SSSR count). The molecule has 1 aromatic carbocycles. The maximum atomic E-state index is 11.4. The third kappa shape index (κ3) is 8.73. The van der Waals surface area contributed by atoms with Gasteiger partial charge in [-0.15, -0.1) is 0 Å². The van der Waals surface area contributed by atoms with Gasteiger partial charge in [-0.25, -0.2) is 28.5 Å². The second-order valence-corrected chi connectivity index (χ2v) is 13.5. The molecular formula is C28H35Cl2N7O3S. The Bertz CT molecular complexity index is 1420. The third-order valence-electron chi connectivity index (χ3n) is 7.57. The van der Waals surface area contributed by atoms with Crippen LogP contribution in [0, 0.1) is 5.92 Å². The van der Waals surface area contributed by atoms with Crippen LogP contribution in [0.1, 0.15) is 24.8 Å². The zero-order valence-corrected chi connectivity index (χ0v) is 25.4. The van der Waals surface area contributed by atoms with Crippen LogP contribution in [-0.4, -0.2) is 85.2 Å². The van der Waals surface area contributed by atoms with Crippen molar-refractivity contribution in [2.75, 3.05) is 57.0 Å². The molecule has 13 heteroatoms. The molecule has 220 valence electrons. The SMILES string of the molecule is CN1CCN(c2ncc(Oc3cc(CN4CCC(CCS(N)(=O)=O)CC4)cc(-c4cc(Cl)cc(Cl)c4)n3)cn2)CC1. The second-order valence-electron chi connectivity index (χ2n) is 10.8. The van der Waals surface area contributed by atoms with Gasteiger partial charge in [0.15, 0.2) is 5.75 Å². The minimum atomic E-state index is -3.43. The smallest absolute Gasteiger partial charge is 0.225 e. The number of likely N-dealkylation sites (N-methyl/N-ethyl adjacent to an activating group) is 1. The molecule has 0 aliphatic carbocycles. The van der Waals surface area contributed by atoms with Crippen LogP contribution >= 0.6 is 23.2 Å². The van der Waals surface area contributed by atoms with Crippen molar-refractivity contribution in [2.24, 2.45) is 11.1 Å². The van der Waals surface area contributed by atoms with E-state index in [1.165, 1.54) is 0 Å². The number of piperidine rings is 1. The molecule has 4 heterocycles. The molecule has 0 amide bonds. The summed E-state index contributed by atoms with van der Waals surface area (Å²) in [6, 6.07) is 9.29. The minimum Gasteiger partial charge on any atom is -0.436 e. The minimum absolute atomic E-state index is 0.0361. The molecule has 3 aromatic rings. The number of sulfonamides is 1. The van der Waals surface area contributed by atoms with E-state index in [9.17, 15) is 8.42 Å². The molecule has 0 radical (unpaired) electrons. The van der Waals surface area contributed by atoms with Crippen molar-refractivity contribution in [2.45, 2.75) is 25.8 Å². The van der Waals surface area contributed by atoms with E-state index in [0.29, 0.717) is 52.2 Å². The second kappa shape index (κ2) is 13.2. The first-order chi connectivity index (χ1) is 19.6. The Kier molecular flexibility index (Phi) is 9.63. The molecule has 0 atom stereocenters. The summed E-state index contributed by atoms with van der Waals surface area (Å²) < 4.78 is 28.9. The quantitative estimate of drug-likeness (QED) is 0.374. The first kappa shape index (κ1) is 29.9. The molecule has 2 aromatic heterocycles. The van der Waals surface area contributed by atoms with E-state index in [4.69, 9.17) is 38.1 Å². The van der Waals surface area contributed by atoms with Crippen molar-refractivity contribution in [3.63, 3.8) is 0 Å². The highest BCUT2D eigenvalue weighted by Gasteiger charge is 2.22. The maximum absolute atomic E-state index is 11.4. The Morgan fingerprint density at radius 2 is 1.61 bits per heavy atom. The number of hydrogen-bond acceptors (Lipinski definition) is 9. The van der Waals surface area contributed by atoms with Crippen molar-refractivity contribution in [1.29, 1.82) is 0 Å². The lowest BCUT2D eigenvalue weighted by Gasteiger charge is -2.32. The molecule has 2 saturated heterocycles.